The largest absolute Gasteiger partial charge is 0.341 e. The van der Waals surface area contributed by atoms with Crippen LogP contribution in [0.3, 0.4) is 0 Å². The molecule has 0 aliphatic heterocycles. The van der Waals surface area contributed by atoms with Crippen LogP contribution in [0.5, 0.6) is 0 Å². The van der Waals surface area contributed by atoms with Crippen LogP contribution in [-0.2, 0) is 0 Å². The molecule has 6 nitrogen and oxygen atoms in total. The zero-order chi connectivity index (χ0) is 14.1. The quantitative estimate of drug-likeness (QED) is 0.773. The average Bonchev–Trinajstić information content (AvgIpc) is 3.07. The van der Waals surface area contributed by atoms with Crippen molar-refractivity contribution in [1.29, 1.82) is 0 Å². The van der Waals surface area contributed by atoms with Crippen LogP contribution in [-0.4, -0.2) is 26.5 Å². The number of thiophene rings is 1. The highest BCUT2D eigenvalue weighted by Gasteiger charge is 2.16. The molecule has 0 saturated carbocycles. The number of fused-ring (bicyclic) bond motifs is 1. The summed E-state index contributed by atoms with van der Waals surface area (Å²) in [5.74, 6) is -0.152. The van der Waals surface area contributed by atoms with Gasteiger partial charge in [0.25, 0.3) is 5.91 Å². The first kappa shape index (κ1) is 12.7. The topological polar surface area (TPSA) is 83.6 Å². The van der Waals surface area contributed by atoms with Gasteiger partial charge in [0.1, 0.15) is 5.82 Å². The number of halogens is 1. The highest BCUT2D eigenvalue weighted by molar-refractivity contribution is 7.20. The molecule has 3 aromatic rings. The van der Waals surface area contributed by atoms with Gasteiger partial charge in [-0.1, -0.05) is 11.3 Å². The Hall–Kier alpha value is -2.35. The van der Waals surface area contributed by atoms with Crippen molar-refractivity contribution in [2.24, 2.45) is 0 Å². The SMILES string of the molecule is CC(NC(=O)c1cc2ccc(F)cc2s1)c1nn[nH]n1. The van der Waals surface area contributed by atoms with E-state index in [4.69, 9.17) is 0 Å². The van der Waals surface area contributed by atoms with E-state index in [-0.39, 0.29) is 17.8 Å². The number of carbonyl (C=O) groups is 1. The molecule has 1 unspecified atom stereocenters. The normalized spacial score (nSPS) is 12.5. The fourth-order valence-corrected chi connectivity index (χ4v) is 2.79. The lowest BCUT2D eigenvalue weighted by Crippen LogP contribution is -2.26. The maximum Gasteiger partial charge on any atom is 0.261 e. The van der Waals surface area contributed by atoms with E-state index < -0.39 is 0 Å². The maximum absolute atomic E-state index is 13.1. The minimum atomic E-state index is -0.358. The third-order valence-corrected chi connectivity index (χ3v) is 3.90. The second kappa shape index (κ2) is 4.97. The Morgan fingerprint density at radius 2 is 2.30 bits per heavy atom. The lowest BCUT2D eigenvalue weighted by molar-refractivity contribution is 0.0942. The molecular formula is C12H10FN5OS. The van der Waals surface area contributed by atoms with Crippen LogP contribution in [0.2, 0.25) is 0 Å². The number of rotatable bonds is 3. The molecular weight excluding hydrogens is 281 g/mol. The molecule has 0 spiro atoms. The van der Waals surface area contributed by atoms with Gasteiger partial charge in [-0.3, -0.25) is 4.79 Å². The summed E-state index contributed by atoms with van der Waals surface area (Å²) in [7, 11) is 0. The predicted octanol–water partition coefficient (Wildman–Crippen LogP) is 2.04. The number of H-pyrrole nitrogens is 1. The van der Waals surface area contributed by atoms with E-state index in [2.05, 4.69) is 25.9 Å². The van der Waals surface area contributed by atoms with Crippen LogP contribution in [0.4, 0.5) is 4.39 Å². The molecule has 8 heteroatoms. The molecule has 1 amide bonds. The van der Waals surface area contributed by atoms with Gasteiger partial charge >= 0.3 is 0 Å². The van der Waals surface area contributed by atoms with Crippen LogP contribution in [0, 0.1) is 5.82 Å². The van der Waals surface area contributed by atoms with E-state index in [0.717, 1.165) is 10.1 Å². The van der Waals surface area contributed by atoms with Crippen molar-refractivity contribution >= 4 is 27.3 Å². The van der Waals surface area contributed by atoms with Gasteiger partial charge in [-0.2, -0.15) is 5.21 Å². The Morgan fingerprint density at radius 1 is 1.45 bits per heavy atom. The number of benzene rings is 1. The summed E-state index contributed by atoms with van der Waals surface area (Å²) in [6.07, 6.45) is 0. The summed E-state index contributed by atoms with van der Waals surface area (Å²) < 4.78 is 13.9. The van der Waals surface area contributed by atoms with Crippen molar-refractivity contribution < 1.29 is 9.18 Å². The van der Waals surface area contributed by atoms with E-state index >= 15 is 0 Å². The molecule has 3 rings (SSSR count). The summed E-state index contributed by atoms with van der Waals surface area (Å²) in [4.78, 5) is 12.6. The summed E-state index contributed by atoms with van der Waals surface area (Å²) in [6, 6.07) is 5.82. The van der Waals surface area contributed by atoms with Crippen LogP contribution < -0.4 is 5.32 Å². The smallest absolute Gasteiger partial charge is 0.261 e. The molecule has 2 N–H and O–H groups in total. The van der Waals surface area contributed by atoms with E-state index in [1.165, 1.54) is 23.5 Å². The van der Waals surface area contributed by atoms with Crippen molar-refractivity contribution in [3.8, 4) is 0 Å². The number of hydrogen-bond acceptors (Lipinski definition) is 5. The average molecular weight is 291 g/mol. The second-order valence-electron chi connectivity index (χ2n) is 4.26. The van der Waals surface area contributed by atoms with Crippen molar-refractivity contribution in [1.82, 2.24) is 25.9 Å². The van der Waals surface area contributed by atoms with Gasteiger partial charge in [0.15, 0.2) is 5.82 Å². The zero-order valence-corrected chi connectivity index (χ0v) is 11.2. The lowest BCUT2D eigenvalue weighted by Gasteiger charge is -2.08. The number of nitrogens with one attached hydrogen (secondary N) is 2. The first-order valence-corrected chi connectivity index (χ1v) is 6.68. The highest BCUT2D eigenvalue weighted by Crippen LogP contribution is 2.26. The molecule has 2 heterocycles. The molecule has 0 bridgehead atoms. The molecule has 0 aliphatic carbocycles. The van der Waals surface area contributed by atoms with Crippen molar-refractivity contribution in [2.45, 2.75) is 13.0 Å². The summed E-state index contributed by atoms with van der Waals surface area (Å²) >= 11 is 1.24. The molecule has 2 aromatic heterocycles. The summed E-state index contributed by atoms with van der Waals surface area (Å²) in [5, 5.41) is 17.0. The monoisotopic (exact) mass is 291 g/mol. The van der Waals surface area contributed by atoms with Crippen LogP contribution >= 0.6 is 11.3 Å². The predicted molar refractivity (Wildman–Crippen MR) is 71.8 cm³/mol. The molecule has 1 atom stereocenters. The van der Waals surface area contributed by atoms with Gasteiger partial charge < -0.3 is 5.32 Å². The number of aromatic nitrogens is 4. The van der Waals surface area contributed by atoms with Gasteiger partial charge in [0, 0.05) is 4.70 Å². The van der Waals surface area contributed by atoms with Crippen LogP contribution in [0.1, 0.15) is 28.5 Å². The molecule has 0 saturated heterocycles. The van der Waals surface area contributed by atoms with Gasteiger partial charge in [-0.15, -0.1) is 21.5 Å². The van der Waals surface area contributed by atoms with E-state index in [9.17, 15) is 9.18 Å². The fraction of sp³-hybridized carbons (Fsp3) is 0.167. The number of aromatic amines is 1. The molecule has 0 aliphatic rings. The number of amides is 1. The molecule has 1 aromatic carbocycles. The summed E-state index contributed by atoms with van der Waals surface area (Å²) in [5.41, 5.74) is 0. The standard InChI is InChI=1S/C12H10FN5OS/c1-6(11-15-17-18-16-11)14-12(19)10-4-7-2-3-8(13)5-9(7)20-10/h2-6H,1H3,(H,14,19)(H,15,16,17,18). The Balaban J connectivity index is 1.82. The first-order valence-electron chi connectivity index (χ1n) is 5.87. The Labute approximate surface area is 117 Å². The van der Waals surface area contributed by atoms with Gasteiger partial charge in [0.2, 0.25) is 0 Å². The van der Waals surface area contributed by atoms with Crippen molar-refractivity contribution in [3.63, 3.8) is 0 Å². The number of tetrazole rings is 1. The van der Waals surface area contributed by atoms with E-state index in [1.807, 2.05) is 0 Å². The number of hydrogen-bond donors (Lipinski definition) is 2. The van der Waals surface area contributed by atoms with Crippen LogP contribution in [0.15, 0.2) is 24.3 Å². The summed E-state index contributed by atoms with van der Waals surface area (Å²) in [6.45, 7) is 1.76. The zero-order valence-electron chi connectivity index (χ0n) is 10.4. The van der Waals surface area contributed by atoms with E-state index in [0.29, 0.717) is 10.7 Å². The first-order chi connectivity index (χ1) is 9.63. The minimum absolute atomic E-state index is 0.246. The van der Waals surface area contributed by atoms with Gasteiger partial charge in [-0.05, 0) is 30.5 Å². The third kappa shape index (κ3) is 2.37. The van der Waals surface area contributed by atoms with Crippen molar-refractivity contribution in [2.75, 3.05) is 0 Å². The van der Waals surface area contributed by atoms with Crippen molar-refractivity contribution in [3.05, 3.63) is 40.8 Å². The maximum atomic E-state index is 13.1. The lowest BCUT2D eigenvalue weighted by atomic mass is 10.2. The second-order valence-corrected chi connectivity index (χ2v) is 5.34. The number of carbonyl (C=O) groups excluding carboxylic acids is 1. The third-order valence-electron chi connectivity index (χ3n) is 2.80. The Bertz CT molecular complexity index is 754. The number of nitrogens with zero attached hydrogens (tertiary/aromatic N) is 3. The molecule has 20 heavy (non-hydrogen) atoms. The minimum Gasteiger partial charge on any atom is -0.341 e. The Morgan fingerprint density at radius 3 is 3.05 bits per heavy atom. The Kier molecular flexibility index (Phi) is 3.15. The molecule has 0 fully saturated rings. The highest BCUT2D eigenvalue weighted by atomic mass is 32.1. The molecule has 102 valence electrons. The fourth-order valence-electron chi connectivity index (χ4n) is 1.80. The van der Waals surface area contributed by atoms with Crippen LogP contribution in [0.25, 0.3) is 10.1 Å². The van der Waals surface area contributed by atoms with E-state index in [1.54, 1.807) is 19.1 Å². The van der Waals surface area contributed by atoms with Gasteiger partial charge in [0.05, 0.1) is 10.9 Å². The van der Waals surface area contributed by atoms with Gasteiger partial charge in [-0.25, -0.2) is 4.39 Å². The molecule has 0 radical (unpaired) electrons.